The van der Waals surface area contributed by atoms with Crippen LogP contribution in [0.1, 0.15) is 47.5 Å². The topological polar surface area (TPSA) is 24.9 Å². The Morgan fingerprint density at radius 1 is 1.15 bits per heavy atom. The summed E-state index contributed by atoms with van der Waals surface area (Å²) in [6.07, 6.45) is 1.15. The Balaban J connectivity index is 2.07. The Labute approximate surface area is 126 Å². The van der Waals surface area contributed by atoms with Crippen molar-refractivity contribution in [3.05, 3.63) is 51.5 Å². The summed E-state index contributed by atoms with van der Waals surface area (Å²) in [7, 11) is 0. The van der Waals surface area contributed by atoms with Gasteiger partial charge < -0.3 is 5.32 Å². The third kappa shape index (κ3) is 4.15. The molecule has 1 N–H and O–H groups in total. The number of aromatic nitrogens is 1. The van der Waals surface area contributed by atoms with Crippen molar-refractivity contribution in [1.29, 1.82) is 0 Å². The largest absolute Gasteiger partial charge is 0.305 e. The second-order valence-electron chi connectivity index (χ2n) is 5.72. The van der Waals surface area contributed by atoms with E-state index in [1.54, 1.807) is 11.3 Å². The van der Waals surface area contributed by atoms with Crippen molar-refractivity contribution in [2.24, 2.45) is 5.92 Å². The highest BCUT2D eigenvalue weighted by atomic mass is 32.1. The lowest BCUT2D eigenvalue weighted by Crippen LogP contribution is -2.22. The summed E-state index contributed by atoms with van der Waals surface area (Å²) in [6, 6.07) is 11.2. The van der Waals surface area contributed by atoms with Gasteiger partial charge in [-0.05, 0) is 31.7 Å². The molecule has 0 saturated heterocycles. The molecule has 0 radical (unpaired) electrons. The van der Waals surface area contributed by atoms with Crippen molar-refractivity contribution >= 4 is 11.3 Å². The zero-order valence-electron chi connectivity index (χ0n) is 12.8. The van der Waals surface area contributed by atoms with Crippen LogP contribution in [0.5, 0.6) is 0 Å². The molecule has 20 heavy (non-hydrogen) atoms. The number of rotatable bonds is 6. The smallest absolute Gasteiger partial charge is 0.0900 e. The molecule has 1 aromatic carbocycles. The Bertz CT molecular complexity index is 531. The minimum Gasteiger partial charge on any atom is -0.305 e. The SMILES string of the molecule is Cc1nc(C)c(CNC(CC(C)C)c2ccccc2)s1. The molecule has 3 heteroatoms. The molecule has 0 aliphatic heterocycles. The van der Waals surface area contributed by atoms with Gasteiger partial charge in [0.25, 0.3) is 0 Å². The standard InChI is InChI=1S/C17H24N2S/c1-12(2)10-16(15-8-6-5-7-9-15)18-11-17-13(3)19-14(4)20-17/h5-9,12,16,18H,10-11H2,1-4H3. The summed E-state index contributed by atoms with van der Waals surface area (Å²) in [5, 5.41) is 4.86. The van der Waals surface area contributed by atoms with Gasteiger partial charge in [-0.25, -0.2) is 4.98 Å². The van der Waals surface area contributed by atoms with Gasteiger partial charge in [-0.2, -0.15) is 0 Å². The van der Waals surface area contributed by atoms with Crippen LogP contribution in [0.3, 0.4) is 0 Å². The Kier molecular flexibility index (Phi) is 5.32. The molecule has 0 amide bonds. The Hall–Kier alpha value is -1.19. The van der Waals surface area contributed by atoms with E-state index in [2.05, 4.69) is 68.3 Å². The second-order valence-corrected chi connectivity index (χ2v) is 7.00. The molecule has 2 rings (SSSR count). The number of nitrogens with zero attached hydrogens (tertiary/aromatic N) is 1. The molecule has 108 valence electrons. The number of hydrogen-bond acceptors (Lipinski definition) is 3. The van der Waals surface area contributed by atoms with Gasteiger partial charge in [0.2, 0.25) is 0 Å². The fourth-order valence-corrected chi connectivity index (χ4v) is 3.34. The second kappa shape index (κ2) is 7.00. The van der Waals surface area contributed by atoms with Crippen molar-refractivity contribution < 1.29 is 0 Å². The Morgan fingerprint density at radius 3 is 2.40 bits per heavy atom. The van der Waals surface area contributed by atoms with Crippen LogP contribution in [-0.4, -0.2) is 4.98 Å². The van der Waals surface area contributed by atoms with Crippen LogP contribution < -0.4 is 5.32 Å². The van der Waals surface area contributed by atoms with Gasteiger partial charge in [0, 0.05) is 17.5 Å². The maximum Gasteiger partial charge on any atom is 0.0900 e. The van der Waals surface area contributed by atoms with Crippen LogP contribution in [-0.2, 0) is 6.54 Å². The molecule has 2 nitrogen and oxygen atoms in total. The van der Waals surface area contributed by atoms with Gasteiger partial charge in [0.15, 0.2) is 0 Å². The van der Waals surface area contributed by atoms with Crippen molar-refractivity contribution in [2.75, 3.05) is 0 Å². The van der Waals surface area contributed by atoms with Gasteiger partial charge in [-0.1, -0.05) is 44.2 Å². The molecule has 1 heterocycles. The van der Waals surface area contributed by atoms with E-state index in [1.807, 2.05) is 0 Å². The first-order valence-corrected chi connectivity index (χ1v) is 8.09. The van der Waals surface area contributed by atoms with Crippen LogP contribution in [0.25, 0.3) is 0 Å². The van der Waals surface area contributed by atoms with Crippen molar-refractivity contribution in [3.63, 3.8) is 0 Å². The first-order valence-electron chi connectivity index (χ1n) is 7.27. The molecule has 1 unspecified atom stereocenters. The van der Waals surface area contributed by atoms with Gasteiger partial charge in [-0.15, -0.1) is 11.3 Å². The highest BCUT2D eigenvalue weighted by molar-refractivity contribution is 7.11. The summed E-state index contributed by atoms with van der Waals surface area (Å²) in [4.78, 5) is 5.86. The first-order chi connectivity index (χ1) is 9.56. The van der Waals surface area contributed by atoms with E-state index in [0.717, 1.165) is 23.7 Å². The number of benzene rings is 1. The third-order valence-electron chi connectivity index (χ3n) is 3.42. The lowest BCUT2D eigenvalue weighted by molar-refractivity contribution is 0.429. The van der Waals surface area contributed by atoms with E-state index in [9.17, 15) is 0 Å². The lowest BCUT2D eigenvalue weighted by Gasteiger charge is -2.21. The highest BCUT2D eigenvalue weighted by Crippen LogP contribution is 2.23. The summed E-state index contributed by atoms with van der Waals surface area (Å²) in [5.41, 5.74) is 2.54. The van der Waals surface area contributed by atoms with E-state index >= 15 is 0 Å². The zero-order chi connectivity index (χ0) is 14.5. The molecular weight excluding hydrogens is 264 g/mol. The molecule has 0 aliphatic rings. The maximum absolute atomic E-state index is 4.50. The summed E-state index contributed by atoms with van der Waals surface area (Å²) >= 11 is 1.80. The number of aryl methyl sites for hydroxylation is 2. The zero-order valence-corrected chi connectivity index (χ0v) is 13.6. The molecule has 1 atom stereocenters. The average molecular weight is 288 g/mol. The third-order valence-corrected chi connectivity index (χ3v) is 4.49. The van der Waals surface area contributed by atoms with E-state index in [0.29, 0.717) is 12.0 Å². The van der Waals surface area contributed by atoms with Crippen LogP contribution >= 0.6 is 11.3 Å². The normalized spacial score (nSPS) is 12.8. The van der Waals surface area contributed by atoms with E-state index in [-0.39, 0.29) is 0 Å². The summed E-state index contributed by atoms with van der Waals surface area (Å²) < 4.78 is 0. The van der Waals surface area contributed by atoms with Gasteiger partial charge in [0.05, 0.1) is 10.7 Å². The van der Waals surface area contributed by atoms with Gasteiger partial charge in [0.1, 0.15) is 0 Å². The molecule has 0 saturated carbocycles. The van der Waals surface area contributed by atoms with Gasteiger partial charge >= 0.3 is 0 Å². The molecule has 1 aromatic heterocycles. The van der Waals surface area contributed by atoms with Gasteiger partial charge in [-0.3, -0.25) is 0 Å². The predicted molar refractivity (Wildman–Crippen MR) is 87.1 cm³/mol. The summed E-state index contributed by atoms with van der Waals surface area (Å²) in [5.74, 6) is 0.678. The minimum atomic E-state index is 0.415. The molecule has 0 fully saturated rings. The monoisotopic (exact) mass is 288 g/mol. The molecule has 2 aromatic rings. The van der Waals surface area contributed by atoms with Crippen molar-refractivity contribution in [3.8, 4) is 0 Å². The van der Waals surface area contributed by atoms with E-state index < -0.39 is 0 Å². The molecular formula is C17H24N2S. The van der Waals surface area contributed by atoms with Crippen LogP contribution in [0.4, 0.5) is 0 Å². The van der Waals surface area contributed by atoms with Crippen LogP contribution in [0, 0.1) is 19.8 Å². The van der Waals surface area contributed by atoms with Crippen LogP contribution in [0.2, 0.25) is 0 Å². The first kappa shape index (κ1) is 15.2. The van der Waals surface area contributed by atoms with Crippen molar-refractivity contribution in [2.45, 2.75) is 46.7 Å². The highest BCUT2D eigenvalue weighted by Gasteiger charge is 2.14. The summed E-state index contributed by atoms with van der Waals surface area (Å²) in [6.45, 7) is 9.63. The van der Waals surface area contributed by atoms with Crippen molar-refractivity contribution in [1.82, 2.24) is 10.3 Å². The van der Waals surface area contributed by atoms with E-state index in [1.165, 1.54) is 10.4 Å². The minimum absolute atomic E-state index is 0.415. The number of thiazole rings is 1. The fourth-order valence-electron chi connectivity index (χ4n) is 2.45. The molecule has 0 aliphatic carbocycles. The Morgan fingerprint density at radius 2 is 1.85 bits per heavy atom. The molecule has 0 spiro atoms. The lowest BCUT2D eigenvalue weighted by atomic mass is 9.97. The van der Waals surface area contributed by atoms with Crippen LogP contribution in [0.15, 0.2) is 30.3 Å². The number of hydrogen-bond donors (Lipinski definition) is 1. The quantitative estimate of drug-likeness (QED) is 0.837. The average Bonchev–Trinajstić information content (AvgIpc) is 2.73. The fraction of sp³-hybridized carbons (Fsp3) is 0.471. The maximum atomic E-state index is 4.50. The number of nitrogens with one attached hydrogen (secondary N) is 1. The molecule has 0 bridgehead atoms. The predicted octanol–water partition coefficient (Wildman–Crippen LogP) is 4.64. The van der Waals surface area contributed by atoms with E-state index in [4.69, 9.17) is 0 Å².